The van der Waals surface area contributed by atoms with Gasteiger partial charge in [-0.2, -0.15) is 4.31 Å². The van der Waals surface area contributed by atoms with Crippen LogP contribution in [0.5, 0.6) is 0 Å². The molecule has 1 aromatic heterocycles. The Labute approximate surface area is 200 Å². The number of hydrogen-bond donors (Lipinski definition) is 0. The average molecular weight is 486 g/mol. The number of para-hydroxylation sites is 1. The summed E-state index contributed by atoms with van der Waals surface area (Å²) in [7, 11) is -1.88. The summed E-state index contributed by atoms with van der Waals surface area (Å²) in [4.78, 5) is 5.99. The SMILES string of the molecule is COCCn1c(-c2cccc(S(=O)(=O)N3C[C@H](C)C[C@H](C)C3)c2)csc1=Nc1ccccc1. The third-order valence-corrected chi connectivity index (χ3v) is 8.59. The maximum atomic E-state index is 13.4. The monoisotopic (exact) mass is 485 g/mol. The lowest BCUT2D eigenvalue weighted by Gasteiger charge is -2.34. The van der Waals surface area contributed by atoms with Gasteiger partial charge in [-0.25, -0.2) is 13.4 Å². The molecular formula is C25H31N3O3S2. The maximum absolute atomic E-state index is 13.4. The van der Waals surface area contributed by atoms with Crippen molar-refractivity contribution in [1.82, 2.24) is 8.87 Å². The van der Waals surface area contributed by atoms with Crippen LogP contribution in [-0.4, -0.2) is 44.1 Å². The van der Waals surface area contributed by atoms with Crippen LogP contribution < -0.4 is 4.80 Å². The fraction of sp³-hybridized carbons (Fsp3) is 0.400. The molecule has 6 nitrogen and oxygen atoms in total. The summed E-state index contributed by atoms with van der Waals surface area (Å²) in [5.41, 5.74) is 2.67. The number of sulfonamides is 1. The molecule has 1 saturated heterocycles. The Hall–Kier alpha value is -2.26. The molecular weight excluding hydrogens is 454 g/mol. The molecule has 2 aromatic carbocycles. The van der Waals surface area contributed by atoms with Crippen molar-refractivity contribution in [2.75, 3.05) is 26.8 Å². The van der Waals surface area contributed by atoms with Crippen LogP contribution in [0.15, 0.2) is 69.9 Å². The van der Waals surface area contributed by atoms with E-state index in [4.69, 9.17) is 9.73 Å². The summed E-state index contributed by atoms with van der Waals surface area (Å²) in [5, 5.41) is 2.04. The molecule has 0 amide bonds. The van der Waals surface area contributed by atoms with Crippen LogP contribution in [0.1, 0.15) is 20.3 Å². The number of piperidine rings is 1. The number of thiazole rings is 1. The van der Waals surface area contributed by atoms with E-state index < -0.39 is 10.0 Å². The van der Waals surface area contributed by atoms with E-state index >= 15 is 0 Å². The zero-order chi connectivity index (χ0) is 23.4. The van der Waals surface area contributed by atoms with E-state index in [0.717, 1.165) is 28.2 Å². The predicted octanol–water partition coefficient (Wildman–Crippen LogP) is 4.76. The summed E-state index contributed by atoms with van der Waals surface area (Å²) in [5.74, 6) is 0.726. The van der Waals surface area contributed by atoms with Gasteiger partial charge in [-0.1, -0.05) is 44.2 Å². The lowest BCUT2D eigenvalue weighted by molar-refractivity contribution is 0.187. The first-order chi connectivity index (χ1) is 15.9. The van der Waals surface area contributed by atoms with Crippen molar-refractivity contribution < 1.29 is 13.2 Å². The second-order valence-electron chi connectivity index (χ2n) is 8.79. The standard InChI is InChI=1S/C25H31N3O3S2/c1-19-14-20(2)17-27(16-19)33(29,30)23-11-7-8-21(15-23)24-18-32-25(28(24)12-13-31-3)26-22-9-5-4-6-10-22/h4-11,15,18-20H,12-14,16-17H2,1-3H3/t19-,20+. The van der Waals surface area contributed by atoms with Gasteiger partial charge >= 0.3 is 0 Å². The summed E-state index contributed by atoms with van der Waals surface area (Å²) in [6, 6.07) is 17.1. The van der Waals surface area contributed by atoms with Crippen LogP contribution in [0.25, 0.3) is 11.3 Å². The van der Waals surface area contributed by atoms with Gasteiger partial charge in [0.25, 0.3) is 0 Å². The van der Waals surface area contributed by atoms with Crippen molar-refractivity contribution in [3.8, 4) is 11.3 Å². The number of rotatable bonds is 7. The Kier molecular flexibility index (Phi) is 7.48. The normalized spacial score (nSPS) is 20.3. The second kappa shape index (κ2) is 10.3. The quantitative estimate of drug-likeness (QED) is 0.485. The molecule has 0 unspecified atom stereocenters. The third kappa shape index (κ3) is 5.46. The number of aromatic nitrogens is 1. The third-order valence-electron chi connectivity index (χ3n) is 5.90. The Morgan fingerprint density at radius 2 is 1.79 bits per heavy atom. The fourth-order valence-corrected chi connectivity index (χ4v) is 7.11. The Bertz CT molecular complexity index is 1240. The van der Waals surface area contributed by atoms with Gasteiger partial charge in [0.2, 0.25) is 10.0 Å². The van der Waals surface area contributed by atoms with Crippen LogP contribution in [0.4, 0.5) is 5.69 Å². The molecule has 176 valence electrons. The molecule has 3 aromatic rings. The van der Waals surface area contributed by atoms with E-state index in [-0.39, 0.29) is 0 Å². The number of nitrogens with zero attached hydrogens (tertiary/aromatic N) is 3. The summed E-state index contributed by atoms with van der Waals surface area (Å²) >= 11 is 1.54. The van der Waals surface area contributed by atoms with Crippen molar-refractivity contribution in [1.29, 1.82) is 0 Å². The van der Waals surface area contributed by atoms with Gasteiger partial charge in [0.05, 0.1) is 22.9 Å². The molecule has 0 spiro atoms. The van der Waals surface area contributed by atoms with Crippen molar-refractivity contribution in [3.05, 3.63) is 64.8 Å². The zero-order valence-electron chi connectivity index (χ0n) is 19.3. The van der Waals surface area contributed by atoms with E-state index in [0.29, 0.717) is 43.0 Å². The first kappa shape index (κ1) is 23.9. The molecule has 33 heavy (non-hydrogen) atoms. The van der Waals surface area contributed by atoms with Crippen LogP contribution in [0.3, 0.4) is 0 Å². The van der Waals surface area contributed by atoms with E-state index in [1.165, 1.54) is 11.3 Å². The van der Waals surface area contributed by atoms with Gasteiger partial charge in [0.15, 0.2) is 4.80 Å². The van der Waals surface area contributed by atoms with E-state index in [1.54, 1.807) is 23.5 Å². The first-order valence-electron chi connectivity index (χ1n) is 11.3. The van der Waals surface area contributed by atoms with E-state index in [2.05, 4.69) is 18.4 Å². The number of hydrogen-bond acceptors (Lipinski definition) is 5. The smallest absolute Gasteiger partial charge is 0.243 e. The highest BCUT2D eigenvalue weighted by molar-refractivity contribution is 7.89. The number of ether oxygens (including phenoxy) is 1. The number of benzene rings is 2. The molecule has 0 saturated carbocycles. The molecule has 1 aliphatic rings. The lowest BCUT2D eigenvalue weighted by Crippen LogP contribution is -2.42. The summed E-state index contributed by atoms with van der Waals surface area (Å²) in [6.07, 6.45) is 1.06. The molecule has 2 atom stereocenters. The molecule has 0 aliphatic carbocycles. The van der Waals surface area contributed by atoms with Gasteiger partial charge in [0.1, 0.15) is 0 Å². The molecule has 1 fully saturated rings. The molecule has 0 radical (unpaired) electrons. The van der Waals surface area contributed by atoms with Crippen LogP contribution >= 0.6 is 11.3 Å². The lowest BCUT2D eigenvalue weighted by atomic mass is 9.94. The van der Waals surface area contributed by atoms with E-state index in [1.807, 2.05) is 47.8 Å². The summed E-state index contributed by atoms with van der Waals surface area (Å²) in [6.45, 7) is 6.55. The highest BCUT2D eigenvalue weighted by Crippen LogP contribution is 2.29. The minimum Gasteiger partial charge on any atom is -0.383 e. The number of methoxy groups -OCH3 is 1. The van der Waals surface area contributed by atoms with Gasteiger partial charge in [-0.3, -0.25) is 0 Å². The second-order valence-corrected chi connectivity index (χ2v) is 11.6. The van der Waals surface area contributed by atoms with Crippen molar-refractivity contribution in [3.63, 3.8) is 0 Å². The summed E-state index contributed by atoms with van der Waals surface area (Å²) < 4.78 is 36.0. The Balaban J connectivity index is 1.73. The molecule has 1 aliphatic heterocycles. The fourth-order valence-electron chi connectivity index (χ4n) is 4.43. The maximum Gasteiger partial charge on any atom is 0.243 e. The molecule has 0 N–H and O–H groups in total. The Morgan fingerprint density at radius 1 is 1.06 bits per heavy atom. The molecule has 2 heterocycles. The van der Waals surface area contributed by atoms with Gasteiger partial charge < -0.3 is 9.30 Å². The highest BCUT2D eigenvalue weighted by atomic mass is 32.2. The largest absolute Gasteiger partial charge is 0.383 e. The van der Waals surface area contributed by atoms with Gasteiger partial charge in [-0.15, -0.1) is 11.3 Å². The highest BCUT2D eigenvalue weighted by Gasteiger charge is 2.31. The molecule has 8 heteroatoms. The zero-order valence-corrected chi connectivity index (χ0v) is 21.0. The average Bonchev–Trinajstić information content (AvgIpc) is 3.20. The molecule has 0 bridgehead atoms. The predicted molar refractivity (Wildman–Crippen MR) is 133 cm³/mol. The van der Waals surface area contributed by atoms with Crippen molar-refractivity contribution >= 4 is 27.0 Å². The van der Waals surface area contributed by atoms with Crippen LogP contribution in [0.2, 0.25) is 0 Å². The van der Waals surface area contributed by atoms with Crippen molar-refractivity contribution in [2.45, 2.75) is 31.7 Å². The minimum absolute atomic E-state index is 0.340. The topological polar surface area (TPSA) is 63.9 Å². The first-order valence-corrected chi connectivity index (χ1v) is 13.6. The van der Waals surface area contributed by atoms with Crippen LogP contribution in [-0.2, 0) is 21.3 Å². The van der Waals surface area contributed by atoms with Crippen LogP contribution in [0, 0.1) is 11.8 Å². The Morgan fingerprint density at radius 3 is 2.48 bits per heavy atom. The minimum atomic E-state index is -3.55. The van der Waals surface area contributed by atoms with E-state index in [9.17, 15) is 8.42 Å². The van der Waals surface area contributed by atoms with Gasteiger partial charge in [0, 0.05) is 37.7 Å². The molecule has 4 rings (SSSR count). The van der Waals surface area contributed by atoms with Crippen molar-refractivity contribution in [2.24, 2.45) is 16.8 Å². The van der Waals surface area contributed by atoms with Gasteiger partial charge in [-0.05, 0) is 42.5 Å².